The van der Waals surface area contributed by atoms with Gasteiger partial charge in [-0.2, -0.15) is 0 Å². The summed E-state index contributed by atoms with van der Waals surface area (Å²) in [5.74, 6) is -3.54. The van der Waals surface area contributed by atoms with Gasteiger partial charge in [-0.25, -0.2) is 0 Å². The van der Waals surface area contributed by atoms with Gasteiger partial charge in [-0.3, -0.25) is 19.3 Å². The molecule has 1 aromatic carbocycles. The van der Waals surface area contributed by atoms with Crippen molar-refractivity contribution in [2.75, 3.05) is 26.4 Å². The Labute approximate surface area is 145 Å². The highest BCUT2D eigenvalue weighted by Gasteiger charge is 2.49. The predicted molar refractivity (Wildman–Crippen MR) is 87.0 cm³/mol. The number of rotatable bonds is 5. The van der Waals surface area contributed by atoms with Gasteiger partial charge in [0, 0.05) is 6.54 Å². The normalized spacial score (nSPS) is 19.9. The third-order valence-corrected chi connectivity index (χ3v) is 4.56. The molecule has 7 nitrogen and oxygen atoms in total. The van der Waals surface area contributed by atoms with Crippen LogP contribution in [0, 0.1) is 12.8 Å². The number of esters is 1. The fraction of sp³-hybridized carbons (Fsp3) is 0.500. The molecule has 0 aliphatic carbocycles. The van der Waals surface area contributed by atoms with Crippen LogP contribution >= 0.6 is 0 Å². The van der Waals surface area contributed by atoms with E-state index >= 15 is 0 Å². The minimum Gasteiger partial charge on any atom is -0.466 e. The number of imide groups is 1. The zero-order valence-electron chi connectivity index (χ0n) is 14.5. The van der Waals surface area contributed by atoms with Crippen molar-refractivity contribution in [3.8, 4) is 0 Å². The molecule has 0 aromatic heterocycles. The van der Waals surface area contributed by atoms with Crippen LogP contribution in [0.2, 0.25) is 0 Å². The van der Waals surface area contributed by atoms with Crippen LogP contribution in [0.15, 0.2) is 18.2 Å². The monoisotopic (exact) mass is 347 g/mol. The number of aryl methyl sites for hydroxylation is 1. The van der Waals surface area contributed by atoms with Crippen LogP contribution in [0.5, 0.6) is 0 Å². The van der Waals surface area contributed by atoms with E-state index in [0.717, 1.165) is 10.5 Å². The first kappa shape index (κ1) is 17.6. The Kier molecular flexibility index (Phi) is 4.62. The van der Waals surface area contributed by atoms with Crippen molar-refractivity contribution in [1.29, 1.82) is 0 Å². The van der Waals surface area contributed by atoms with Gasteiger partial charge in [-0.15, -0.1) is 0 Å². The van der Waals surface area contributed by atoms with Gasteiger partial charge in [0.1, 0.15) is 5.92 Å². The molecule has 134 valence electrons. The minimum atomic E-state index is -1.22. The van der Waals surface area contributed by atoms with Gasteiger partial charge in [0.15, 0.2) is 5.79 Å². The number of carbonyl (C=O) groups excluding carboxylic acids is 3. The van der Waals surface area contributed by atoms with Gasteiger partial charge in [0.2, 0.25) is 0 Å². The van der Waals surface area contributed by atoms with Crippen LogP contribution < -0.4 is 0 Å². The lowest BCUT2D eigenvalue weighted by atomic mass is 9.99. The Morgan fingerprint density at radius 1 is 1.24 bits per heavy atom. The molecule has 1 atom stereocenters. The van der Waals surface area contributed by atoms with E-state index < -0.39 is 29.5 Å². The number of ether oxygens (including phenoxy) is 3. The molecule has 0 saturated carbocycles. The fourth-order valence-electron chi connectivity index (χ4n) is 3.18. The summed E-state index contributed by atoms with van der Waals surface area (Å²) < 4.78 is 16.3. The molecule has 0 spiro atoms. The van der Waals surface area contributed by atoms with E-state index in [1.807, 2.05) is 6.92 Å². The van der Waals surface area contributed by atoms with Crippen molar-refractivity contribution in [3.63, 3.8) is 0 Å². The summed E-state index contributed by atoms with van der Waals surface area (Å²) in [7, 11) is 0. The van der Waals surface area contributed by atoms with Crippen LogP contribution in [0.25, 0.3) is 0 Å². The van der Waals surface area contributed by atoms with Crippen molar-refractivity contribution in [2.24, 2.45) is 5.92 Å². The van der Waals surface area contributed by atoms with Gasteiger partial charge >= 0.3 is 5.97 Å². The van der Waals surface area contributed by atoms with E-state index in [9.17, 15) is 14.4 Å². The van der Waals surface area contributed by atoms with E-state index in [1.54, 1.807) is 32.0 Å². The van der Waals surface area contributed by atoms with Gasteiger partial charge in [0.25, 0.3) is 11.8 Å². The molecule has 1 fully saturated rings. The maximum Gasteiger partial charge on any atom is 0.316 e. The lowest BCUT2D eigenvalue weighted by molar-refractivity contribution is -0.201. The highest BCUT2D eigenvalue weighted by Crippen LogP contribution is 2.32. The predicted octanol–water partition coefficient (Wildman–Crippen LogP) is 1.53. The van der Waals surface area contributed by atoms with Crippen LogP contribution in [-0.2, 0) is 19.0 Å². The molecule has 2 amide bonds. The summed E-state index contributed by atoms with van der Waals surface area (Å²) in [6.07, 6.45) is 0. The molecule has 2 heterocycles. The highest BCUT2D eigenvalue weighted by atomic mass is 16.7. The van der Waals surface area contributed by atoms with Crippen molar-refractivity contribution < 1.29 is 28.6 Å². The van der Waals surface area contributed by atoms with Crippen molar-refractivity contribution in [2.45, 2.75) is 26.6 Å². The molecule has 3 rings (SSSR count). The van der Waals surface area contributed by atoms with Crippen molar-refractivity contribution in [3.05, 3.63) is 34.9 Å². The van der Waals surface area contributed by atoms with E-state index in [-0.39, 0.29) is 13.2 Å². The molecule has 1 saturated heterocycles. The topological polar surface area (TPSA) is 82.1 Å². The Bertz CT molecular complexity index is 722. The van der Waals surface area contributed by atoms with Gasteiger partial charge in [-0.1, -0.05) is 11.6 Å². The van der Waals surface area contributed by atoms with Crippen LogP contribution in [0.1, 0.15) is 40.1 Å². The largest absolute Gasteiger partial charge is 0.466 e. The molecule has 0 bridgehead atoms. The zero-order chi connectivity index (χ0) is 18.2. The lowest BCUT2D eigenvalue weighted by Crippen LogP contribution is -2.49. The summed E-state index contributed by atoms with van der Waals surface area (Å²) in [5, 5.41) is 0. The standard InChI is InChI=1S/C18H21NO6/c1-4-23-17(22)14(18(3)24-7-8-25-18)10-19-15(20)12-6-5-11(2)9-13(12)16(19)21/h5-6,9,14H,4,7-8,10H2,1-3H3. The summed E-state index contributed by atoms with van der Waals surface area (Å²) in [6.45, 7) is 5.89. The van der Waals surface area contributed by atoms with Crippen LogP contribution in [0.4, 0.5) is 0 Å². The number of hydrogen-bond donors (Lipinski definition) is 0. The molecule has 0 N–H and O–H groups in total. The summed E-state index contributed by atoms with van der Waals surface area (Å²) >= 11 is 0. The van der Waals surface area contributed by atoms with E-state index in [4.69, 9.17) is 14.2 Å². The molecule has 7 heteroatoms. The fourth-order valence-corrected chi connectivity index (χ4v) is 3.18. The van der Waals surface area contributed by atoms with Gasteiger partial charge in [0.05, 0.1) is 30.9 Å². The van der Waals surface area contributed by atoms with Crippen molar-refractivity contribution >= 4 is 17.8 Å². The molecule has 0 radical (unpaired) electrons. The number of nitrogens with zero attached hydrogens (tertiary/aromatic N) is 1. The lowest BCUT2D eigenvalue weighted by Gasteiger charge is -2.32. The first-order valence-electron chi connectivity index (χ1n) is 8.28. The van der Waals surface area contributed by atoms with Crippen molar-refractivity contribution in [1.82, 2.24) is 4.90 Å². The molecule has 25 heavy (non-hydrogen) atoms. The second kappa shape index (κ2) is 6.57. The van der Waals surface area contributed by atoms with Gasteiger partial charge in [-0.05, 0) is 32.9 Å². The minimum absolute atomic E-state index is 0.152. The molecule has 1 unspecified atom stereocenters. The van der Waals surface area contributed by atoms with Gasteiger partial charge < -0.3 is 14.2 Å². The number of fused-ring (bicyclic) bond motifs is 1. The number of hydrogen-bond acceptors (Lipinski definition) is 6. The summed E-state index contributed by atoms with van der Waals surface area (Å²) in [5.41, 5.74) is 1.58. The molecule has 2 aliphatic rings. The third kappa shape index (κ3) is 3.05. The Morgan fingerprint density at radius 2 is 1.88 bits per heavy atom. The SMILES string of the molecule is CCOC(=O)C(CN1C(=O)c2ccc(C)cc2C1=O)C1(C)OCCO1. The number of benzene rings is 1. The first-order valence-corrected chi connectivity index (χ1v) is 8.28. The molecular formula is C18H21NO6. The maximum atomic E-state index is 12.7. The highest BCUT2D eigenvalue weighted by molar-refractivity contribution is 6.21. The van der Waals surface area contributed by atoms with Crippen LogP contribution in [-0.4, -0.2) is 54.8 Å². The maximum absolute atomic E-state index is 12.7. The number of amides is 2. The van der Waals surface area contributed by atoms with Crippen LogP contribution in [0.3, 0.4) is 0 Å². The quantitative estimate of drug-likeness (QED) is 0.593. The van der Waals surface area contributed by atoms with E-state index in [1.165, 1.54) is 0 Å². The Hall–Kier alpha value is -2.25. The van der Waals surface area contributed by atoms with E-state index in [0.29, 0.717) is 24.3 Å². The molecule has 2 aliphatic heterocycles. The average molecular weight is 347 g/mol. The Balaban J connectivity index is 1.89. The summed E-state index contributed by atoms with van der Waals surface area (Å²) in [6, 6.07) is 5.09. The first-order chi connectivity index (χ1) is 11.9. The molecule has 1 aromatic rings. The van der Waals surface area contributed by atoms with E-state index in [2.05, 4.69) is 0 Å². The Morgan fingerprint density at radius 3 is 2.52 bits per heavy atom. The summed E-state index contributed by atoms with van der Waals surface area (Å²) in [4.78, 5) is 38.8. The average Bonchev–Trinajstić information content (AvgIpc) is 3.10. The second-order valence-corrected chi connectivity index (χ2v) is 6.29. The second-order valence-electron chi connectivity index (χ2n) is 6.29. The molecular weight excluding hydrogens is 326 g/mol. The third-order valence-electron chi connectivity index (χ3n) is 4.56. The number of carbonyl (C=O) groups is 3. The zero-order valence-corrected chi connectivity index (χ0v) is 14.5. The smallest absolute Gasteiger partial charge is 0.316 e.